The van der Waals surface area contributed by atoms with Crippen molar-refractivity contribution in [3.63, 3.8) is 0 Å². The molecule has 0 unspecified atom stereocenters. The second kappa shape index (κ2) is 8.57. The lowest BCUT2D eigenvalue weighted by Gasteiger charge is -2.50. The molecule has 0 spiro atoms. The van der Waals surface area contributed by atoms with E-state index in [1.807, 2.05) is 0 Å². The molecule has 11 nitrogen and oxygen atoms in total. The Balaban J connectivity index is 1.68. The van der Waals surface area contributed by atoms with Gasteiger partial charge in [-0.05, 0) is 51.8 Å². The number of ketones is 2. The number of amides is 1. The van der Waals surface area contributed by atoms with E-state index < -0.39 is 58.0 Å². The average Bonchev–Trinajstić information content (AvgIpc) is 3.64. The van der Waals surface area contributed by atoms with Crippen LogP contribution in [0.15, 0.2) is 23.0 Å². The lowest BCUT2D eigenvalue weighted by molar-refractivity contribution is -0.153. The normalized spacial score (nSPS) is 29.3. The third kappa shape index (κ3) is 3.56. The topological polar surface area (TPSA) is 183 Å². The molecule has 37 heavy (non-hydrogen) atoms. The monoisotopic (exact) mass is 513 g/mol. The van der Waals surface area contributed by atoms with Crippen LogP contribution >= 0.6 is 0 Å². The molecule has 0 radical (unpaired) electrons. The van der Waals surface area contributed by atoms with Gasteiger partial charge in [0.2, 0.25) is 5.78 Å². The first kappa shape index (κ1) is 25.2. The van der Waals surface area contributed by atoms with E-state index in [1.165, 1.54) is 18.1 Å². The highest BCUT2D eigenvalue weighted by Gasteiger charge is 2.64. The van der Waals surface area contributed by atoms with Crippen LogP contribution in [0.4, 0.5) is 0 Å². The standard InChI is InChI=1S/C26H31N3O8/c1-29(2)19-14-7-10-6-13-17(15(30)8-11(22(13)37-3)9-28-12-4-5-12)20(31)16(10)23(33)26(14,36)24(34)18(21(19)32)25(27)35/h8,10,12,14,19,28,30-31,34,36H,4-7,9H2,1-3H3,(H2,27,35)/t10-,14-,19-,26-/m0/s1. The molecule has 198 valence electrons. The number of aromatic hydroxyl groups is 1. The number of primary amides is 1. The molecule has 1 amide bonds. The van der Waals surface area contributed by atoms with Crippen LogP contribution in [0.1, 0.15) is 36.0 Å². The van der Waals surface area contributed by atoms with Crippen molar-refractivity contribution in [2.75, 3.05) is 21.2 Å². The van der Waals surface area contributed by atoms with Crippen molar-refractivity contribution >= 4 is 23.2 Å². The number of carbonyl (C=O) groups is 3. The van der Waals surface area contributed by atoms with Crippen LogP contribution in [-0.4, -0.2) is 81.7 Å². The maximum Gasteiger partial charge on any atom is 0.255 e. The van der Waals surface area contributed by atoms with Gasteiger partial charge in [-0.1, -0.05) is 0 Å². The number of likely N-dealkylation sites (N-methyl/N-ethyl adjacent to an activating group) is 1. The Morgan fingerprint density at radius 1 is 1.24 bits per heavy atom. The van der Waals surface area contributed by atoms with Gasteiger partial charge in [-0.3, -0.25) is 19.3 Å². The van der Waals surface area contributed by atoms with Crippen LogP contribution in [0, 0.1) is 11.8 Å². The van der Waals surface area contributed by atoms with Gasteiger partial charge in [-0.15, -0.1) is 0 Å². The SMILES string of the molecule is COc1c(CNC2CC2)cc(O)c2c1C[C@H]1C[C@H]3[C@H](N(C)C)C(=O)C(C(N)=O)=C(O)[C@@]3(O)C(=O)C1=C2O. The van der Waals surface area contributed by atoms with Gasteiger partial charge in [-0.2, -0.15) is 0 Å². The fraction of sp³-hybridized carbons (Fsp3) is 0.500. The molecule has 2 saturated carbocycles. The molecule has 4 aliphatic carbocycles. The zero-order valence-electron chi connectivity index (χ0n) is 20.9. The Hall–Kier alpha value is -3.41. The second-order valence-electron chi connectivity index (χ2n) is 10.6. The van der Waals surface area contributed by atoms with Crippen LogP contribution in [-0.2, 0) is 27.3 Å². The smallest absolute Gasteiger partial charge is 0.255 e. The molecule has 2 fully saturated rings. The maximum absolute atomic E-state index is 13.8. The van der Waals surface area contributed by atoms with Crippen molar-refractivity contribution in [2.24, 2.45) is 17.6 Å². The zero-order chi connectivity index (χ0) is 27.0. The van der Waals surface area contributed by atoms with Crippen LogP contribution in [0.25, 0.3) is 5.76 Å². The summed E-state index contributed by atoms with van der Waals surface area (Å²) in [4.78, 5) is 40.5. The summed E-state index contributed by atoms with van der Waals surface area (Å²) in [6, 6.07) is 0.759. The number of Topliss-reactive ketones (excluding diaryl/α,β-unsaturated/α-hetero) is 2. The largest absolute Gasteiger partial charge is 0.508 e. The number of hydrogen-bond donors (Lipinski definition) is 6. The molecule has 0 bridgehead atoms. The predicted octanol–water partition coefficient (Wildman–Crippen LogP) is 0.225. The number of methoxy groups -OCH3 is 1. The molecule has 7 N–H and O–H groups in total. The highest BCUT2D eigenvalue weighted by Crippen LogP contribution is 2.54. The van der Waals surface area contributed by atoms with Crippen molar-refractivity contribution in [3.8, 4) is 11.5 Å². The van der Waals surface area contributed by atoms with E-state index in [-0.39, 0.29) is 29.7 Å². The molecule has 1 aromatic rings. The minimum atomic E-state index is -2.65. The van der Waals surface area contributed by atoms with Gasteiger partial charge in [0.25, 0.3) is 5.91 Å². The van der Waals surface area contributed by atoms with E-state index in [2.05, 4.69) is 5.32 Å². The molecule has 0 heterocycles. The van der Waals surface area contributed by atoms with E-state index >= 15 is 0 Å². The number of carbonyl (C=O) groups excluding carboxylic acids is 3. The van der Waals surface area contributed by atoms with Crippen LogP contribution < -0.4 is 15.8 Å². The summed E-state index contributed by atoms with van der Waals surface area (Å²) in [5, 5.41) is 48.1. The van der Waals surface area contributed by atoms with E-state index in [4.69, 9.17) is 10.5 Å². The zero-order valence-corrected chi connectivity index (χ0v) is 20.9. The number of fused-ring (bicyclic) bond motifs is 3. The molecule has 0 aliphatic heterocycles. The number of nitrogens with two attached hydrogens (primary N) is 1. The molecule has 0 saturated heterocycles. The number of ether oxygens (including phenoxy) is 1. The summed E-state index contributed by atoms with van der Waals surface area (Å²) in [6.07, 6.45) is 2.36. The van der Waals surface area contributed by atoms with Gasteiger partial charge in [0.05, 0.1) is 18.7 Å². The van der Waals surface area contributed by atoms with Gasteiger partial charge in [0.1, 0.15) is 28.6 Å². The fourth-order valence-electron chi connectivity index (χ4n) is 6.28. The minimum Gasteiger partial charge on any atom is -0.508 e. The maximum atomic E-state index is 13.8. The summed E-state index contributed by atoms with van der Waals surface area (Å²) in [5.41, 5.74) is 2.90. The van der Waals surface area contributed by atoms with Crippen molar-refractivity contribution < 1.29 is 39.5 Å². The van der Waals surface area contributed by atoms with Crippen molar-refractivity contribution in [3.05, 3.63) is 39.7 Å². The quantitative estimate of drug-likeness (QED) is 0.288. The van der Waals surface area contributed by atoms with Gasteiger partial charge in [0, 0.05) is 35.2 Å². The predicted molar refractivity (Wildman–Crippen MR) is 131 cm³/mol. The Morgan fingerprint density at radius 2 is 1.92 bits per heavy atom. The molecular formula is C26H31N3O8. The van der Waals surface area contributed by atoms with Crippen molar-refractivity contribution in [1.29, 1.82) is 0 Å². The van der Waals surface area contributed by atoms with Crippen molar-refractivity contribution in [2.45, 2.75) is 49.9 Å². The number of aliphatic hydroxyl groups is 3. The summed E-state index contributed by atoms with van der Waals surface area (Å²) in [6.45, 7) is 0.448. The highest BCUT2D eigenvalue weighted by molar-refractivity contribution is 6.24. The van der Waals surface area contributed by atoms with Gasteiger partial charge in [0.15, 0.2) is 11.4 Å². The van der Waals surface area contributed by atoms with E-state index in [0.717, 1.165) is 12.8 Å². The number of benzene rings is 1. The Morgan fingerprint density at radius 3 is 2.49 bits per heavy atom. The lowest BCUT2D eigenvalue weighted by Crippen LogP contribution is -2.65. The van der Waals surface area contributed by atoms with E-state index in [1.54, 1.807) is 14.1 Å². The molecule has 4 atom stereocenters. The minimum absolute atomic E-state index is 0.0170. The first-order valence-corrected chi connectivity index (χ1v) is 12.2. The second-order valence-corrected chi connectivity index (χ2v) is 10.6. The molecule has 1 aromatic carbocycles. The Kier molecular flexibility index (Phi) is 5.85. The summed E-state index contributed by atoms with van der Waals surface area (Å²) >= 11 is 0. The van der Waals surface area contributed by atoms with E-state index in [0.29, 0.717) is 29.5 Å². The Labute approximate surface area is 213 Å². The molecule has 5 rings (SSSR count). The van der Waals surface area contributed by atoms with Gasteiger partial charge < -0.3 is 36.2 Å². The van der Waals surface area contributed by atoms with Crippen LogP contribution in [0.2, 0.25) is 0 Å². The summed E-state index contributed by atoms with van der Waals surface area (Å²) in [5.74, 6) is -6.27. The van der Waals surface area contributed by atoms with Crippen molar-refractivity contribution in [1.82, 2.24) is 10.2 Å². The first-order chi connectivity index (χ1) is 17.4. The number of nitrogens with zero attached hydrogens (tertiary/aromatic N) is 1. The van der Waals surface area contributed by atoms with Crippen LogP contribution in [0.3, 0.4) is 0 Å². The number of phenolic OH excluding ortho intramolecular Hbond substituents is 1. The van der Waals surface area contributed by atoms with Crippen LogP contribution in [0.5, 0.6) is 11.5 Å². The molecule has 11 heteroatoms. The summed E-state index contributed by atoms with van der Waals surface area (Å²) in [7, 11) is 4.62. The molecule has 0 aromatic heterocycles. The first-order valence-electron chi connectivity index (χ1n) is 12.2. The average molecular weight is 514 g/mol. The number of aliphatic hydroxyl groups excluding tert-OH is 2. The molecular weight excluding hydrogens is 482 g/mol. The third-order valence-electron chi connectivity index (χ3n) is 8.11. The number of nitrogens with one attached hydrogen (secondary N) is 1. The highest BCUT2D eigenvalue weighted by atomic mass is 16.5. The summed E-state index contributed by atoms with van der Waals surface area (Å²) < 4.78 is 5.69. The van der Waals surface area contributed by atoms with Gasteiger partial charge >= 0.3 is 0 Å². The molecule has 4 aliphatic rings. The fourth-order valence-corrected chi connectivity index (χ4v) is 6.28. The van der Waals surface area contributed by atoms with E-state index in [9.17, 15) is 34.8 Å². The Bertz CT molecular complexity index is 1290. The van der Waals surface area contributed by atoms with Gasteiger partial charge in [-0.25, -0.2) is 0 Å². The number of hydrogen-bond acceptors (Lipinski definition) is 10. The lowest BCUT2D eigenvalue weighted by atomic mass is 9.57. The number of rotatable bonds is 6. The number of phenols is 1. The third-order valence-corrected chi connectivity index (χ3v) is 8.11.